The molecule has 2 rings (SSSR count). The van der Waals surface area contributed by atoms with Crippen LogP contribution in [0.1, 0.15) is 19.4 Å². The Hall–Kier alpha value is -1.96. The molecular formula is C11H11FN2O4S. The first-order valence-corrected chi connectivity index (χ1v) is 6.87. The summed E-state index contributed by atoms with van der Waals surface area (Å²) < 4.78 is 45.1. The quantitative estimate of drug-likeness (QED) is 0.845. The van der Waals surface area contributed by atoms with Gasteiger partial charge in [0.1, 0.15) is 10.7 Å². The molecule has 0 bridgehead atoms. The van der Waals surface area contributed by atoms with Crippen molar-refractivity contribution in [3.8, 4) is 0 Å². The van der Waals surface area contributed by atoms with Gasteiger partial charge in [0.15, 0.2) is 5.84 Å². The number of amidine groups is 1. The number of hydrogen-bond acceptors (Lipinski definition) is 4. The fourth-order valence-electron chi connectivity index (χ4n) is 1.59. The van der Waals surface area contributed by atoms with E-state index in [9.17, 15) is 17.6 Å². The second kappa shape index (κ2) is 4.61. The van der Waals surface area contributed by atoms with Gasteiger partial charge in [-0.3, -0.25) is 5.32 Å². The first-order valence-electron chi connectivity index (χ1n) is 5.43. The molecule has 0 saturated carbocycles. The highest BCUT2D eigenvalue weighted by atomic mass is 32.2. The van der Waals surface area contributed by atoms with Crippen molar-refractivity contribution in [2.45, 2.75) is 24.8 Å². The normalized spacial score (nSPS) is 15.9. The molecule has 6 nitrogen and oxygen atoms in total. The van der Waals surface area contributed by atoms with Crippen LogP contribution in [0.4, 0.5) is 9.18 Å². The lowest BCUT2D eigenvalue weighted by Gasteiger charge is -2.09. The van der Waals surface area contributed by atoms with Crippen molar-refractivity contribution in [3.05, 3.63) is 29.6 Å². The van der Waals surface area contributed by atoms with Crippen LogP contribution in [-0.2, 0) is 14.8 Å². The molecule has 0 fully saturated rings. The highest BCUT2D eigenvalue weighted by molar-refractivity contribution is 7.90. The van der Waals surface area contributed by atoms with E-state index in [1.54, 1.807) is 13.8 Å². The van der Waals surface area contributed by atoms with Crippen LogP contribution in [0.2, 0.25) is 0 Å². The second-order valence-electron chi connectivity index (χ2n) is 4.11. The fourth-order valence-corrected chi connectivity index (χ4v) is 2.77. The molecule has 1 N–H and O–H groups in total. The smallest absolute Gasteiger partial charge is 0.413 e. The number of benzene rings is 1. The average molecular weight is 286 g/mol. The predicted molar refractivity (Wildman–Crippen MR) is 64.9 cm³/mol. The van der Waals surface area contributed by atoms with Gasteiger partial charge < -0.3 is 4.74 Å². The number of alkyl carbamates (subject to hydrolysis) is 1. The molecule has 102 valence electrons. The number of hydrogen-bond donors (Lipinski definition) is 1. The lowest BCUT2D eigenvalue weighted by molar-refractivity contribution is 0.120. The molecule has 1 aliphatic heterocycles. The summed E-state index contributed by atoms with van der Waals surface area (Å²) in [6.45, 7) is 3.25. The number of fused-ring (bicyclic) bond motifs is 1. The van der Waals surface area contributed by atoms with E-state index in [-0.39, 0.29) is 16.3 Å². The fraction of sp³-hybridized carbons (Fsp3) is 0.273. The van der Waals surface area contributed by atoms with Crippen LogP contribution in [0, 0.1) is 5.82 Å². The molecule has 0 radical (unpaired) electrons. The van der Waals surface area contributed by atoms with E-state index in [1.165, 1.54) is 12.1 Å². The number of carbonyl (C=O) groups is 1. The number of ether oxygens (including phenoxy) is 1. The third-order valence-electron chi connectivity index (χ3n) is 2.26. The molecule has 1 aliphatic rings. The monoisotopic (exact) mass is 286 g/mol. The van der Waals surface area contributed by atoms with Crippen LogP contribution in [0.5, 0.6) is 0 Å². The van der Waals surface area contributed by atoms with E-state index >= 15 is 0 Å². The van der Waals surface area contributed by atoms with Gasteiger partial charge in [0.25, 0.3) is 10.0 Å². The average Bonchev–Trinajstić information content (AvgIpc) is 2.50. The van der Waals surface area contributed by atoms with E-state index in [1.807, 2.05) is 0 Å². The maximum absolute atomic E-state index is 13.7. The second-order valence-corrected chi connectivity index (χ2v) is 5.68. The van der Waals surface area contributed by atoms with Gasteiger partial charge in [-0.05, 0) is 26.0 Å². The Labute approximate surface area is 109 Å². The maximum Gasteiger partial charge on any atom is 0.413 e. The molecule has 19 heavy (non-hydrogen) atoms. The Kier molecular flexibility index (Phi) is 3.27. The lowest BCUT2D eigenvalue weighted by Crippen LogP contribution is -2.33. The molecule has 0 unspecified atom stereocenters. The Bertz CT molecular complexity index is 667. The first-order chi connectivity index (χ1) is 8.81. The van der Waals surface area contributed by atoms with Crippen molar-refractivity contribution < 1.29 is 22.3 Å². The summed E-state index contributed by atoms with van der Waals surface area (Å²) in [5.74, 6) is -1.14. The summed E-state index contributed by atoms with van der Waals surface area (Å²) in [4.78, 5) is 11.1. The van der Waals surface area contributed by atoms with Crippen LogP contribution in [0.25, 0.3) is 0 Å². The number of carbonyl (C=O) groups excluding carboxylic acids is 1. The summed E-state index contributed by atoms with van der Waals surface area (Å²) in [6.07, 6.45) is -1.28. The van der Waals surface area contributed by atoms with Gasteiger partial charge >= 0.3 is 6.09 Å². The lowest BCUT2D eigenvalue weighted by atomic mass is 10.2. The largest absolute Gasteiger partial charge is 0.447 e. The van der Waals surface area contributed by atoms with Crippen LogP contribution in [0.3, 0.4) is 0 Å². The maximum atomic E-state index is 13.7. The summed E-state index contributed by atoms with van der Waals surface area (Å²) in [5, 5.41) is 2.13. The minimum Gasteiger partial charge on any atom is -0.447 e. The third kappa shape index (κ3) is 2.58. The van der Waals surface area contributed by atoms with Crippen molar-refractivity contribution >= 4 is 22.0 Å². The number of sulfonamides is 1. The molecule has 0 aromatic heterocycles. The summed E-state index contributed by atoms with van der Waals surface area (Å²) >= 11 is 0. The van der Waals surface area contributed by atoms with Crippen molar-refractivity contribution in [1.29, 1.82) is 0 Å². The number of halogens is 1. The van der Waals surface area contributed by atoms with E-state index in [2.05, 4.69) is 9.71 Å². The van der Waals surface area contributed by atoms with Gasteiger partial charge in [-0.15, -0.1) is 4.40 Å². The molecule has 8 heteroatoms. The number of nitrogens with one attached hydrogen (secondary N) is 1. The first kappa shape index (κ1) is 13.5. The molecular weight excluding hydrogens is 275 g/mol. The molecule has 0 aliphatic carbocycles. The summed E-state index contributed by atoms with van der Waals surface area (Å²) in [6, 6.07) is 3.57. The molecule has 0 spiro atoms. The molecule has 1 aromatic rings. The van der Waals surface area contributed by atoms with Gasteiger partial charge in [0, 0.05) is 0 Å². The van der Waals surface area contributed by atoms with E-state index in [0.717, 1.165) is 6.07 Å². The van der Waals surface area contributed by atoms with Crippen LogP contribution < -0.4 is 5.32 Å². The Morgan fingerprint density at radius 3 is 2.74 bits per heavy atom. The standard InChI is InChI=1S/C11H11FN2O4S/c1-6(2)18-11(15)13-10-9-7(12)4-3-5-8(9)19(16,17)14-10/h3-6H,1-2H3,(H,13,14,15). The number of rotatable bonds is 1. The zero-order chi connectivity index (χ0) is 14.2. The number of amides is 1. The summed E-state index contributed by atoms with van der Waals surface area (Å²) in [7, 11) is -3.97. The van der Waals surface area contributed by atoms with Gasteiger partial charge in [-0.2, -0.15) is 8.42 Å². The van der Waals surface area contributed by atoms with Crippen molar-refractivity contribution in [1.82, 2.24) is 5.32 Å². The highest BCUT2D eigenvalue weighted by Gasteiger charge is 2.32. The Morgan fingerprint density at radius 2 is 2.11 bits per heavy atom. The third-order valence-corrected chi connectivity index (χ3v) is 3.58. The van der Waals surface area contributed by atoms with Crippen LogP contribution in [-0.4, -0.2) is 26.5 Å². The van der Waals surface area contributed by atoms with Gasteiger partial charge in [-0.25, -0.2) is 9.18 Å². The van der Waals surface area contributed by atoms with Crippen molar-refractivity contribution in [3.63, 3.8) is 0 Å². The molecule has 1 aromatic carbocycles. The van der Waals surface area contributed by atoms with E-state index in [4.69, 9.17) is 4.74 Å². The minimum absolute atomic E-state index is 0.247. The Morgan fingerprint density at radius 1 is 1.42 bits per heavy atom. The minimum atomic E-state index is -3.97. The summed E-state index contributed by atoms with van der Waals surface area (Å²) in [5.41, 5.74) is -0.247. The molecule has 1 heterocycles. The Balaban J connectivity index is 2.38. The number of nitrogens with zero attached hydrogens (tertiary/aromatic N) is 1. The molecule has 1 amide bonds. The van der Waals surface area contributed by atoms with E-state index in [0.29, 0.717) is 0 Å². The zero-order valence-corrected chi connectivity index (χ0v) is 11.0. The SMILES string of the molecule is CC(C)OC(=O)NC1=NS(=O)(=O)c2cccc(F)c21. The van der Waals surface area contributed by atoms with Crippen LogP contribution in [0.15, 0.2) is 27.5 Å². The molecule has 0 atom stereocenters. The predicted octanol–water partition coefficient (Wildman–Crippen LogP) is 1.41. The van der Waals surface area contributed by atoms with Gasteiger partial charge in [-0.1, -0.05) is 6.07 Å². The van der Waals surface area contributed by atoms with Crippen molar-refractivity contribution in [2.75, 3.05) is 0 Å². The van der Waals surface area contributed by atoms with Crippen LogP contribution >= 0.6 is 0 Å². The topological polar surface area (TPSA) is 84.8 Å². The highest BCUT2D eigenvalue weighted by Crippen LogP contribution is 2.27. The molecule has 0 saturated heterocycles. The van der Waals surface area contributed by atoms with Gasteiger partial charge in [0.05, 0.1) is 11.7 Å². The van der Waals surface area contributed by atoms with E-state index < -0.39 is 28.0 Å². The van der Waals surface area contributed by atoms with Gasteiger partial charge in [0.2, 0.25) is 0 Å². The zero-order valence-electron chi connectivity index (χ0n) is 10.2. The van der Waals surface area contributed by atoms with Crippen molar-refractivity contribution in [2.24, 2.45) is 4.40 Å².